The van der Waals surface area contributed by atoms with Crippen LogP contribution in [0.5, 0.6) is 5.75 Å². The highest BCUT2D eigenvalue weighted by molar-refractivity contribution is 5.99. The summed E-state index contributed by atoms with van der Waals surface area (Å²) in [6, 6.07) is 21.3. The van der Waals surface area contributed by atoms with Gasteiger partial charge in [-0.25, -0.2) is 9.97 Å². The largest absolute Gasteiger partial charge is 0.496 e. The number of para-hydroxylation sites is 1. The summed E-state index contributed by atoms with van der Waals surface area (Å²) in [5.74, 6) is 1.25. The van der Waals surface area contributed by atoms with Gasteiger partial charge >= 0.3 is 0 Å². The zero-order valence-electron chi connectivity index (χ0n) is 19.8. The minimum atomic E-state index is -0.171. The van der Waals surface area contributed by atoms with Crippen molar-refractivity contribution in [2.75, 3.05) is 19.0 Å². The zero-order valence-corrected chi connectivity index (χ0v) is 19.8. The van der Waals surface area contributed by atoms with Gasteiger partial charge in [-0.05, 0) is 30.7 Å². The maximum absolute atomic E-state index is 13.8. The highest BCUT2D eigenvalue weighted by Gasteiger charge is 2.22. The van der Waals surface area contributed by atoms with Gasteiger partial charge in [0.1, 0.15) is 17.1 Å². The van der Waals surface area contributed by atoms with Crippen LogP contribution in [-0.2, 0) is 6.54 Å². The number of anilines is 2. The molecule has 0 spiro atoms. The smallest absolute Gasteiger partial charge is 0.259 e. The van der Waals surface area contributed by atoms with Crippen LogP contribution in [0.4, 0.5) is 11.5 Å². The molecular formula is C28H27N5O2. The molecule has 0 radical (unpaired) electrons. The first-order chi connectivity index (χ1) is 17.2. The number of allylic oxidation sites excluding steroid dienone is 1. The van der Waals surface area contributed by atoms with Crippen LogP contribution in [0, 0.1) is 0 Å². The van der Waals surface area contributed by atoms with Gasteiger partial charge in [0.25, 0.3) is 5.91 Å². The highest BCUT2D eigenvalue weighted by atomic mass is 16.5. The molecular weight excluding hydrogens is 438 g/mol. The lowest BCUT2D eigenvalue weighted by molar-refractivity contribution is 0.0763. The average Bonchev–Trinajstić information content (AvgIpc) is 2.91. The summed E-state index contributed by atoms with van der Waals surface area (Å²) in [6.45, 7) is 2.87. The van der Waals surface area contributed by atoms with Crippen molar-refractivity contribution < 1.29 is 9.53 Å². The van der Waals surface area contributed by atoms with Gasteiger partial charge in [-0.15, -0.1) is 0 Å². The number of carbonyl (C=O) groups is 1. The van der Waals surface area contributed by atoms with Crippen LogP contribution in [-0.4, -0.2) is 39.4 Å². The van der Waals surface area contributed by atoms with Crippen LogP contribution >= 0.6 is 0 Å². The van der Waals surface area contributed by atoms with E-state index in [1.165, 1.54) is 0 Å². The predicted molar refractivity (Wildman–Crippen MR) is 138 cm³/mol. The van der Waals surface area contributed by atoms with Crippen LogP contribution in [0.15, 0.2) is 97.5 Å². The minimum Gasteiger partial charge on any atom is -0.496 e. The first kappa shape index (κ1) is 23.6. The molecule has 1 amide bonds. The number of hydrogen-bond donors (Lipinski definition) is 1. The molecule has 0 unspecified atom stereocenters. The van der Waals surface area contributed by atoms with Crippen molar-refractivity contribution in [3.05, 3.63) is 109 Å². The Hall–Kier alpha value is -4.52. The summed E-state index contributed by atoms with van der Waals surface area (Å²) in [6.07, 6.45) is 8.75. The van der Waals surface area contributed by atoms with Crippen molar-refractivity contribution in [1.82, 2.24) is 19.9 Å². The Morgan fingerprint density at radius 2 is 1.77 bits per heavy atom. The first-order valence-corrected chi connectivity index (χ1v) is 11.3. The number of methoxy groups -OCH3 is 1. The molecule has 35 heavy (non-hydrogen) atoms. The summed E-state index contributed by atoms with van der Waals surface area (Å²) in [7, 11) is 1.59. The molecule has 7 heteroatoms. The SMILES string of the molecule is C/C=C/CN(Cc1ccccc1)C(=O)c1cnc(-c2cnccc2OC)nc1Nc1ccccc1. The molecule has 0 bridgehead atoms. The van der Waals surface area contributed by atoms with Gasteiger partial charge in [-0.1, -0.05) is 60.7 Å². The van der Waals surface area contributed by atoms with Crippen molar-refractivity contribution in [1.29, 1.82) is 0 Å². The lowest BCUT2D eigenvalue weighted by atomic mass is 10.1. The molecule has 0 aliphatic carbocycles. The molecule has 7 nitrogen and oxygen atoms in total. The number of hydrogen-bond acceptors (Lipinski definition) is 6. The van der Waals surface area contributed by atoms with Crippen molar-refractivity contribution in [2.45, 2.75) is 13.5 Å². The number of rotatable bonds is 9. The molecule has 1 N–H and O–H groups in total. The maximum Gasteiger partial charge on any atom is 0.259 e. The second-order valence-electron chi connectivity index (χ2n) is 7.76. The summed E-state index contributed by atoms with van der Waals surface area (Å²) < 4.78 is 5.46. The Bertz CT molecular complexity index is 1290. The number of ether oxygens (including phenoxy) is 1. The van der Waals surface area contributed by atoms with Crippen LogP contribution in [0.25, 0.3) is 11.4 Å². The monoisotopic (exact) mass is 465 g/mol. The number of nitrogens with one attached hydrogen (secondary N) is 1. The van der Waals surface area contributed by atoms with E-state index >= 15 is 0 Å². The molecule has 2 aromatic heterocycles. The second-order valence-corrected chi connectivity index (χ2v) is 7.76. The van der Waals surface area contributed by atoms with Gasteiger partial charge in [-0.2, -0.15) is 0 Å². The van der Waals surface area contributed by atoms with Gasteiger partial charge < -0.3 is 15.0 Å². The van der Waals surface area contributed by atoms with Crippen molar-refractivity contribution in [2.24, 2.45) is 0 Å². The Morgan fingerprint density at radius 3 is 2.49 bits per heavy atom. The molecule has 0 atom stereocenters. The number of pyridine rings is 1. The van der Waals surface area contributed by atoms with Crippen molar-refractivity contribution in [3.63, 3.8) is 0 Å². The fraction of sp³-hybridized carbons (Fsp3) is 0.143. The molecule has 0 fully saturated rings. The number of benzene rings is 2. The van der Waals surface area contributed by atoms with Crippen LogP contribution in [0.3, 0.4) is 0 Å². The number of amides is 1. The number of aromatic nitrogens is 3. The fourth-order valence-corrected chi connectivity index (χ4v) is 3.58. The van der Waals surface area contributed by atoms with E-state index < -0.39 is 0 Å². The van der Waals surface area contributed by atoms with Crippen molar-refractivity contribution in [3.8, 4) is 17.1 Å². The summed E-state index contributed by atoms with van der Waals surface area (Å²) in [4.78, 5) is 29.0. The molecule has 4 aromatic rings. The van der Waals surface area contributed by atoms with Crippen LogP contribution in [0.1, 0.15) is 22.8 Å². The Labute approximate surface area is 205 Å². The second kappa shape index (κ2) is 11.6. The van der Waals surface area contributed by atoms with Gasteiger partial charge in [-0.3, -0.25) is 9.78 Å². The minimum absolute atomic E-state index is 0.171. The lowest BCUT2D eigenvalue weighted by Crippen LogP contribution is -2.31. The molecule has 2 heterocycles. The predicted octanol–water partition coefficient (Wildman–Crippen LogP) is 5.51. The van der Waals surface area contributed by atoms with E-state index in [9.17, 15) is 4.79 Å². The standard InChI is InChI=1S/C28H27N5O2/c1-3-4-17-33(20-21-11-7-5-8-12-21)28(34)24-19-30-26(23-18-29-16-15-25(23)35-2)32-27(24)31-22-13-9-6-10-14-22/h3-16,18-19H,17,20H2,1-2H3,(H,30,31,32)/b4-3+. The summed E-state index contributed by atoms with van der Waals surface area (Å²) in [5.41, 5.74) is 2.87. The van der Waals surface area contributed by atoms with E-state index in [1.807, 2.05) is 79.7 Å². The summed E-state index contributed by atoms with van der Waals surface area (Å²) >= 11 is 0. The van der Waals surface area contributed by atoms with E-state index in [1.54, 1.807) is 36.7 Å². The van der Waals surface area contributed by atoms with Gasteiger partial charge in [0, 0.05) is 37.4 Å². The van der Waals surface area contributed by atoms with Crippen LogP contribution < -0.4 is 10.1 Å². The Morgan fingerprint density at radius 1 is 1.03 bits per heavy atom. The van der Waals surface area contributed by atoms with E-state index in [0.29, 0.717) is 41.6 Å². The molecule has 4 rings (SSSR count). The molecule has 0 aliphatic rings. The third-order valence-corrected chi connectivity index (χ3v) is 5.36. The van der Waals surface area contributed by atoms with E-state index in [0.717, 1.165) is 11.3 Å². The topological polar surface area (TPSA) is 80.2 Å². The Kier molecular flexibility index (Phi) is 7.81. The van der Waals surface area contributed by atoms with Crippen LogP contribution in [0.2, 0.25) is 0 Å². The average molecular weight is 466 g/mol. The zero-order chi connectivity index (χ0) is 24.5. The molecule has 0 aliphatic heterocycles. The normalized spacial score (nSPS) is 10.8. The molecule has 0 saturated heterocycles. The molecule has 2 aromatic carbocycles. The van der Waals surface area contributed by atoms with Gasteiger partial charge in [0.05, 0.1) is 12.7 Å². The fourth-order valence-electron chi connectivity index (χ4n) is 3.58. The summed E-state index contributed by atoms with van der Waals surface area (Å²) in [5, 5.41) is 3.30. The third-order valence-electron chi connectivity index (χ3n) is 5.36. The van der Waals surface area contributed by atoms with Gasteiger partial charge in [0.2, 0.25) is 0 Å². The quantitative estimate of drug-likeness (QED) is 0.328. The third kappa shape index (κ3) is 5.89. The maximum atomic E-state index is 13.8. The number of nitrogens with zero attached hydrogens (tertiary/aromatic N) is 4. The van der Waals surface area contributed by atoms with Crippen molar-refractivity contribution >= 4 is 17.4 Å². The lowest BCUT2D eigenvalue weighted by Gasteiger charge is -2.23. The Balaban J connectivity index is 1.75. The highest BCUT2D eigenvalue weighted by Crippen LogP contribution is 2.29. The molecule has 0 saturated carbocycles. The van der Waals surface area contributed by atoms with Gasteiger partial charge in [0.15, 0.2) is 5.82 Å². The van der Waals surface area contributed by atoms with E-state index in [-0.39, 0.29) is 5.91 Å². The molecule has 176 valence electrons. The number of carbonyl (C=O) groups excluding carboxylic acids is 1. The first-order valence-electron chi connectivity index (χ1n) is 11.3. The van der Waals surface area contributed by atoms with E-state index in [4.69, 9.17) is 9.72 Å². The van der Waals surface area contributed by atoms with E-state index in [2.05, 4.69) is 15.3 Å².